The van der Waals surface area contributed by atoms with Crippen LogP contribution in [0.4, 0.5) is 4.39 Å². The summed E-state index contributed by atoms with van der Waals surface area (Å²) in [4.78, 5) is 24.9. The molecule has 0 aliphatic heterocycles. The third-order valence-corrected chi connectivity index (χ3v) is 4.11. The van der Waals surface area contributed by atoms with Crippen molar-refractivity contribution in [2.75, 3.05) is 0 Å². The van der Waals surface area contributed by atoms with Crippen molar-refractivity contribution in [3.63, 3.8) is 0 Å². The van der Waals surface area contributed by atoms with Gasteiger partial charge in [0.2, 0.25) is 0 Å². The van der Waals surface area contributed by atoms with Crippen LogP contribution in [0.3, 0.4) is 0 Å². The van der Waals surface area contributed by atoms with Crippen LogP contribution >= 0.6 is 0 Å². The summed E-state index contributed by atoms with van der Waals surface area (Å²) in [6, 6.07) is 4.38. The van der Waals surface area contributed by atoms with Gasteiger partial charge in [0.1, 0.15) is 17.0 Å². The Morgan fingerprint density at radius 1 is 1.26 bits per heavy atom. The van der Waals surface area contributed by atoms with Crippen molar-refractivity contribution >= 4 is 17.8 Å². The van der Waals surface area contributed by atoms with Gasteiger partial charge in [-0.3, -0.25) is 4.79 Å². The third kappa shape index (κ3) is 6.14. The number of hydrogen-bond acceptors (Lipinski definition) is 4. The maximum absolute atomic E-state index is 14.5. The Morgan fingerprint density at radius 2 is 1.89 bits per heavy atom. The second-order valence-corrected chi connectivity index (χ2v) is 7.63. The van der Waals surface area contributed by atoms with Crippen LogP contribution in [0, 0.1) is 5.82 Å². The third-order valence-electron chi connectivity index (χ3n) is 4.11. The molecule has 27 heavy (non-hydrogen) atoms. The van der Waals surface area contributed by atoms with Crippen molar-refractivity contribution in [1.82, 2.24) is 0 Å². The highest BCUT2D eigenvalue weighted by Crippen LogP contribution is 2.29. The fraction of sp³-hybridized carbons (Fsp3) is 0.455. The van der Waals surface area contributed by atoms with Crippen LogP contribution in [0.2, 0.25) is 0 Å². The van der Waals surface area contributed by atoms with Gasteiger partial charge < -0.3 is 9.84 Å². The molecule has 1 atom stereocenters. The van der Waals surface area contributed by atoms with Crippen molar-refractivity contribution < 1.29 is 23.8 Å². The van der Waals surface area contributed by atoms with Crippen LogP contribution in [-0.4, -0.2) is 28.1 Å². The summed E-state index contributed by atoms with van der Waals surface area (Å²) in [5, 5.41) is 10.9. The van der Waals surface area contributed by atoms with Crippen molar-refractivity contribution in [3.8, 4) is 0 Å². The molecule has 0 fully saturated rings. The molecule has 148 valence electrons. The van der Waals surface area contributed by atoms with Crippen molar-refractivity contribution in [2.45, 2.75) is 64.6 Å². The Kier molecular flexibility index (Phi) is 7.66. The van der Waals surface area contributed by atoms with E-state index < -0.39 is 28.8 Å². The highest BCUT2D eigenvalue weighted by Gasteiger charge is 2.37. The highest BCUT2D eigenvalue weighted by atomic mass is 19.1. The van der Waals surface area contributed by atoms with Crippen LogP contribution in [0.1, 0.15) is 69.3 Å². The summed E-state index contributed by atoms with van der Waals surface area (Å²) in [6.45, 7) is 14.3. The predicted molar refractivity (Wildman–Crippen MR) is 105 cm³/mol. The average Bonchev–Trinajstić information content (AvgIpc) is 2.58. The molecule has 1 N–H and O–H groups in total. The monoisotopic (exact) mass is 376 g/mol. The predicted octanol–water partition coefficient (Wildman–Crippen LogP) is 4.86. The number of halogens is 1. The average molecular weight is 376 g/mol. The maximum atomic E-state index is 14.5. The quantitative estimate of drug-likeness (QED) is 0.380. The Hall–Kier alpha value is -2.27. The molecule has 1 rings (SSSR count). The lowest BCUT2D eigenvalue weighted by Crippen LogP contribution is -2.39. The van der Waals surface area contributed by atoms with Gasteiger partial charge >= 0.3 is 5.97 Å². The molecule has 1 aromatic carbocycles. The number of esters is 1. The van der Waals surface area contributed by atoms with E-state index in [9.17, 15) is 19.1 Å². The second kappa shape index (κ2) is 9.09. The second-order valence-electron chi connectivity index (χ2n) is 7.63. The minimum absolute atomic E-state index is 0.0461. The Morgan fingerprint density at radius 3 is 2.41 bits per heavy atom. The van der Waals surface area contributed by atoms with E-state index in [0.717, 1.165) is 0 Å². The fourth-order valence-electron chi connectivity index (χ4n) is 2.71. The van der Waals surface area contributed by atoms with Gasteiger partial charge in [-0.1, -0.05) is 44.7 Å². The minimum atomic E-state index is -1.79. The molecule has 0 saturated heterocycles. The Balaban J connectivity index is 3.01. The standard InChI is InChI=1S/C22H29FO4/c1-7-13-22(26,14-12-15(3)20(25)27-21(4,5)6)19(24)17-11-9-10-16(8-2)18(17)23/h8-11,26H,2-3,7,12-14H2,1,4-6H3. The molecule has 0 aromatic heterocycles. The van der Waals surface area contributed by atoms with Gasteiger partial charge in [-0.05, 0) is 46.1 Å². The van der Waals surface area contributed by atoms with E-state index >= 15 is 0 Å². The van der Waals surface area contributed by atoms with Gasteiger partial charge in [-0.25, -0.2) is 9.18 Å². The SMILES string of the molecule is C=Cc1cccc(C(=O)C(O)(CCC)CCC(=C)C(=O)OC(C)(C)C)c1F. The molecule has 0 aliphatic rings. The zero-order valence-electron chi connectivity index (χ0n) is 16.6. The maximum Gasteiger partial charge on any atom is 0.333 e. The normalized spacial score (nSPS) is 13.6. The number of aliphatic hydroxyl groups is 1. The van der Waals surface area contributed by atoms with E-state index in [1.54, 1.807) is 26.8 Å². The first-order chi connectivity index (χ1) is 12.4. The number of benzene rings is 1. The molecule has 0 amide bonds. The summed E-state index contributed by atoms with van der Waals surface area (Å²) in [5.41, 5.74) is -2.29. The lowest BCUT2D eigenvalue weighted by atomic mass is 9.83. The molecule has 0 radical (unpaired) electrons. The van der Waals surface area contributed by atoms with Crippen molar-refractivity contribution in [3.05, 3.63) is 53.9 Å². The molecule has 1 aromatic rings. The van der Waals surface area contributed by atoms with Crippen molar-refractivity contribution in [2.24, 2.45) is 0 Å². The van der Waals surface area contributed by atoms with Crippen LogP contribution in [-0.2, 0) is 9.53 Å². The number of hydrogen-bond donors (Lipinski definition) is 1. The summed E-state index contributed by atoms with van der Waals surface area (Å²) in [7, 11) is 0. The van der Waals surface area contributed by atoms with E-state index in [0.29, 0.717) is 6.42 Å². The lowest BCUT2D eigenvalue weighted by Gasteiger charge is -2.27. The van der Waals surface area contributed by atoms with E-state index in [-0.39, 0.29) is 36.0 Å². The molecule has 0 saturated carbocycles. The first kappa shape index (κ1) is 22.8. The number of ether oxygens (including phenoxy) is 1. The fourth-order valence-corrected chi connectivity index (χ4v) is 2.71. The van der Waals surface area contributed by atoms with Crippen LogP contribution in [0.25, 0.3) is 6.08 Å². The largest absolute Gasteiger partial charge is 0.457 e. The highest BCUT2D eigenvalue weighted by molar-refractivity contribution is 6.03. The molecule has 1 unspecified atom stereocenters. The van der Waals surface area contributed by atoms with Crippen LogP contribution in [0.15, 0.2) is 36.9 Å². The van der Waals surface area contributed by atoms with E-state index in [1.165, 1.54) is 18.2 Å². The van der Waals surface area contributed by atoms with E-state index in [1.807, 2.05) is 6.92 Å². The molecule has 0 bridgehead atoms. The topological polar surface area (TPSA) is 63.6 Å². The minimum Gasteiger partial charge on any atom is -0.457 e. The number of ketones is 1. The molecular formula is C22H29FO4. The van der Waals surface area contributed by atoms with E-state index in [4.69, 9.17) is 4.74 Å². The van der Waals surface area contributed by atoms with Gasteiger partial charge in [-0.2, -0.15) is 0 Å². The molecule has 5 heteroatoms. The Bertz CT molecular complexity index is 730. The number of carbonyl (C=O) groups excluding carboxylic acids is 2. The first-order valence-electron chi connectivity index (χ1n) is 9.04. The summed E-state index contributed by atoms with van der Waals surface area (Å²) in [6.07, 6.45) is 2.00. The Labute approximate surface area is 160 Å². The number of carbonyl (C=O) groups is 2. The van der Waals surface area contributed by atoms with Gasteiger partial charge in [0.25, 0.3) is 0 Å². The van der Waals surface area contributed by atoms with Crippen LogP contribution < -0.4 is 0 Å². The van der Waals surface area contributed by atoms with Gasteiger partial charge in [-0.15, -0.1) is 0 Å². The molecule has 0 heterocycles. The number of Topliss-reactive ketones (excluding diaryl/α,β-unsaturated/α-hetero) is 1. The first-order valence-corrected chi connectivity index (χ1v) is 9.04. The lowest BCUT2D eigenvalue weighted by molar-refractivity contribution is -0.150. The zero-order chi connectivity index (χ0) is 20.8. The molecule has 0 spiro atoms. The molecule has 0 aliphatic carbocycles. The van der Waals surface area contributed by atoms with Gasteiger partial charge in [0, 0.05) is 11.1 Å². The summed E-state index contributed by atoms with van der Waals surface area (Å²) in [5.74, 6) is -1.99. The van der Waals surface area contributed by atoms with Crippen LogP contribution in [0.5, 0.6) is 0 Å². The van der Waals surface area contributed by atoms with Gasteiger partial charge in [0.15, 0.2) is 5.78 Å². The van der Waals surface area contributed by atoms with E-state index in [2.05, 4.69) is 13.2 Å². The molecular weight excluding hydrogens is 347 g/mol. The smallest absolute Gasteiger partial charge is 0.333 e. The number of rotatable bonds is 9. The van der Waals surface area contributed by atoms with Crippen molar-refractivity contribution in [1.29, 1.82) is 0 Å². The molecule has 4 nitrogen and oxygen atoms in total. The van der Waals surface area contributed by atoms with Gasteiger partial charge in [0.05, 0.1) is 5.56 Å². The summed E-state index contributed by atoms with van der Waals surface area (Å²) < 4.78 is 19.8. The zero-order valence-corrected chi connectivity index (χ0v) is 16.6. The summed E-state index contributed by atoms with van der Waals surface area (Å²) >= 11 is 0.